The van der Waals surface area contributed by atoms with Gasteiger partial charge in [-0.1, -0.05) is 0 Å². The lowest BCUT2D eigenvalue weighted by Crippen LogP contribution is -2.40. The van der Waals surface area contributed by atoms with Crippen LogP contribution < -0.4 is 0 Å². The lowest BCUT2D eigenvalue weighted by molar-refractivity contribution is -0.193. The van der Waals surface area contributed by atoms with Gasteiger partial charge in [0.2, 0.25) is 0 Å². The summed E-state index contributed by atoms with van der Waals surface area (Å²) in [4.78, 5) is 10.8. The molecule has 0 unspecified atom stereocenters. The number of ether oxygens (including phenoxy) is 3. The Morgan fingerprint density at radius 3 is 2.07 bits per heavy atom. The number of hydrogen-bond acceptors (Lipinski definition) is 6. The summed E-state index contributed by atoms with van der Waals surface area (Å²) in [5.41, 5.74) is 0. The van der Waals surface area contributed by atoms with Gasteiger partial charge in [0.15, 0.2) is 6.29 Å². The van der Waals surface area contributed by atoms with Gasteiger partial charge in [-0.25, -0.2) is 0 Å². The molecule has 0 saturated carbocycles. The van der Waals surface area contributed by atoms with Gasteiger partial charge in [-0.15, -0.1) is 0 Å². The van der Waals surface area contributed by atoms with Crippen molar-refractivity contribution in [1.82, 2.24) is 0 Å². The van der Waals surface area contributed by atoms with Gasteiger partial charge < -0.3 is 24.4 Å². The van der Waals surface area contributed by atoms with Crippen molar-refractivity contribution < 1.29 is 29.2 Å². The van der Waals surface area contributed by atoms with E-state index >= 15 is 0 Å². The second-order valence-corrected chi connectivity index (χ2v) is 2.68. The molecule has 0 rings (SSSR count). The second kappa shape index (κ2) is 6.72. The zero-order valence-electron chi connectivity index (χ0n) is 8.47. The smallest absolute Gasteiger partial charge is 0.308 e. The summed E-state index contributed by atoms with van der Waals surface area (Å²) in [6, 6.07) is 0. The van der Waals surface area contributed by atoms with Gasteiger partial charge in [0, 0.05) is 14.2 Å². The molecule has 0 spiro atoms. The fraction of sp³-hybridized carbons (Fsp3) is 0.875. The molecule has 0 aliphatic rings. The van der Waals surface area contributed by atoms with E-state index in [4.69, 9.17) is 9.47 Å². The Morgan fingerprint density at radius 1 is 1.21 bits per heavy atom. The first-order valence-corrected chi connectivity index (χ1v) is 4.05. The van der Waals surface area contributed by atoms with Gasteiger partial charge in [-0.05, 0) is 0 Å². The molecular weight excluding hydrogens is 192 g/mol. The SMILES string of the molecule is COC(=O)C[C@@H](O)[C@@H](O)C(OC)OC. The van der Waals surface area contributed by atoms with Crippen LogP contribution in [0.5, 0.6) is 0 Å². The molecule has 0 aliphatic carbocycles. The van der Waals surface area contributed by atoms with E-state index in [1.165, 1.54) is 21.3 Å². The van der Waals surface area contributed by atoms with E-state index in [0.717, 1.165) is 0 Å². The van der Waals surface area contributed by atoms with Crippen LogP contribution >= 0.6 is 0 Å². The lowest BCUT2D eigenvalue weighted by Gasteiger charge is -2.23. The van der Waals surface area contributed by atoms with Crippen molar-refractivity contribution in [1.29, 1.82) is 0 Å². The minimum atomic E-state index is -1.29. The average Bonchev–Trinajstić information content (AvgIpc) is 2.19. The molecule has 0 radical (unpaired) electrons. The van der Waals surface area contributed by atoms with E-state index < -0.39 is 24.5 Å². The Morgan fingerprint density at radius 2 is 1.71 bits per heavy atom. The molecule has 0 bridgehead atoms. The topological polar surface area (TPSA) is 85.2 Å². The van der Waals surface area contributed by atoms with Gasteiger partial charge in [0.05, 0.1) is 19.6 Å². The predicted molar refractivity (Wildman–Crippen MR) is 46.5 cm³/mol. The number of carbonyl (C=O) groups excluding carboxylic acids is 1. The zero-order chi connectivity index (χ0) is 11.1. The highest BCUT2D eigenvalue weighted by atomic mass is 16.7. The minimum absolute atomic E-state index is 0.305. The van der Waals surface area contributed by atoms with Crippen molar-refractivity contribution in [2.75, 3.05) is 21.3 Å². The summed E-state index contributed by atoms with van der Waals surface area (Å²) in [5, 5.41) is 18.8. The number of carbonyl (C=O) groups is 1. The summed E-state index contributed by atoms with van der Waals surface area (Å²) in [6.45, 7) is 0. The minimum Gasteiger partial charge on any atom is -0.469 e. The van der Waals surface area contributed by atoms with Crippen molar-refractivity contribution in [2.45, 2.75) is 24.9 Å². The molecule has 2 N–H and O–H groups in total. The van der Waals surface area contributed by atoms with Crippen LogP contribution in [0.25, 0.3) is 0 Å². The predicted octanol–water partition coefficient (Wildman–Crippen LogP) is -1.11. The first-order valence-electron chi connectivity index (χ1n) is 4.05. The van der Waals surface area contributed by atoms with Crippen molar-refractivity contribution in [3.63, 3.8) is 0 Å². The van der Waals surface area contributed by atoms with Gasteiger partial charge in [0.1, 0.15) is 6.10 Å². The summed E-state index contributed by atoms with van der Waals surface area (Å²) >= 11 is 0. The van der Waals surface area contributed by atoms with E-state index in [1.54, 1.807) is 0 Å². The number of esters is 1. The molecule has 84 valence electrons. The third-order valence-corrected chi connectivity index (χ3v) is 1.74. The normalized spacial score (nSPS) is 15.3. The summed E-state index contributed by atoms with van der Waals surface area (Å²) in [6.07, 6.45) is -3.83. The lowest BCUT2D eigenvalue weighted by atomic mass is 10.1. The van der Waals surface area contributed by atoms with E-state index in [-0.39, 0.29) is 6.42 Å². The maximum absolute atomic E-state index is 10.8. The van der Waals surface area contributed by atoms with Crippen molar-refractivity contribution >= 4 is 5.97 Å². The molecule has 2 atom stereocenters. The van der Waals surface area contributed by atoms with Gasteiger partial charge in [0.25, 0.3) is 0 Å². The zero-order valence-corrected chi connectivity index (χ0v) is 8.47. The fourth-order valence-electron chi connectivity index (χ4n) is 0.931. The molecule has 0 aromatic rings. The molecule has 0 saturated heterocycles. The van der Waals surface area contributed by atoms with Crippen molar-refractivity contribution in [3.8, 4) is 0 Å². The molecule has 0 aromatic heterocycles. The maximum Gasteiger partial charge on any atom is 0.308 e. The molecule has 6 nitrogen and oxygen atoms in total. The second-order valence-electron chi connectivity index (χ2n) is 2.68. The van der Waals surface area contributed by atoms with Crippen molar-refractivity contribution in [2.24, 2.45) is 0 Å². The van der Waals surface area contributed by atoms with Crippen LogP contribution in [0, 0.1) is 0 Å². The van der Waals surface area contributed by atoms with Crippen molar-refractivity contribution in [3.05, 3.63) is 0 Å². The highest BCUT2D eigenvalue weighted by Crippen LogP contribution is 2.08. The standard InChI is InChI=1S/C8H16O6/c1-12-6(10)4-5(9)7(11)8(13-2)14-3/h5,7-9,11H,4H2,1-3H3/t5-,7-/m1/s1. The van der Waals surface area contributed by atoms with Crippen LogP contribution in [0.15, 0.2) is 0 Å². The Bertz CT molecular complexity index is 167. The fourth-order valence-corrected chi connectivity index (χ4v) is 0.931. The first-order chi connectivity index (χ1) is 6.56. The molecule has 14 heavy (non-hydrogen) atoms. The highest BCUT2D eigenvalue weighted by molar-refractivity contribution is 5.69. The van der Waals surface area contributed by atoms with Crippen LogP contribution in [0.4, 0.5) is 0 Å². The molecule has 0 amide bonds. The summed E-state index contributed by atoms with van der Waals surface area (Å²) in [5.74, 6) is -0.609. The molecule has 0 heterocycles. The van der Waals surface area contributed by atoms with Gasteiger partial charge in [-0.3, -0.25) is 4.79 Å². The molecule has 0 aliphatic heterocycles. The first kappa shape index (κ1) is 13.3. The van der Waals surface area contributed by atoms with Crippen LogP contribution in [0.2, 0.25) is 0 Å². The van der Waals surface area contributed by atoms with Crippen LogP contribution in [-0.2, 0) is 19.0 Å². The molecule has 6 heteroatoms. The average molecular weight is 208 g/mol. The molecular formula is C8H16O6. The van der Waals surface area contributed by atoms with E-state index in [2.05, 4.69) is 4.74 Å². The molecule has 0 aromatic carbocycles. The summed E-state index contributed by atoms with van der Waals surface area (Å²) < 4.78 is 13.8. The quantitative estimate of drug-likeness (QED) is 0.425. The highest BCUT2D eigenvalue weighted by Gasteiger charge is 2.28. The Labute approximate surface area is 82.4 Å². The largest absolute Gasteiger partial charge is 0.469 e. The number of aliphatic hydroxyl groups is 2. The van der Waals surface area contributed by atoms with Crippen LogP contribution in [-0.4, -0.2) is 56.0 Å². The van der Waals surface area contributed by atoms with Crippen LogP contribution in [0.3, 0.4) is 0 Å². The van der Waals surface area contributed by atoms with Gasteiger partial charge in [-0.2, -0.15) is 0 Å². The number of rotatable bonds is 6. The Kier molecular flexibility index (Phi) is 6.39. The van der Waals surface area contributed by atoms with E-state index in [0.29, 0.717) is 0 Å². The Hall–Kier alpha value is -0.690. The third kappa shape index (κ3) is 4.01. The maximum atomic E-state index is 10.8. The summed E-state index contributed by atoms with van der Waals surface area (Å²) in [7, 11) is 3.84. The van der Waals surface area contributed by atoms with E-state index in [9.17, 15) is 15.0 Å². The number of aliphatic hydroxyl groups excluding tert-OH is 2. The van der Waals surface area contributed by atoms with Gasteiger partial charge >= 0.3 is 5.97 Å². The van der Waals surface area contributed by atoms with E-state index in [1.807, 2.05) is 0 Å². The molecule has 0 fully saturated rings. The Balaban J connectivity index is 4.08. The monoisotopic (exact) mass is 208 g/mol. The number of methoxy groups -OCH3 is 3. The van der Waals surface area contributed by atoms with Crippen LogP contribution in [0.1, 0.15) is 6.42 Å². The number of hydrogen-bond donors (Lipinski definition) is 2. The third-order valence-electron chi connectivity index (χ3n) is 1.74.